The van der Waals surface area contributed by atoms with Gasteiger partial charge in [0.2, 0.25) is 0 Å². The topological polar surface area (TPSA) is 64.6 Å². The zero-order chi connectivity index (χ0) is 20.3. The maximum Gasteiger partial charge on any atom is 0.407 e. The summed E-state index contributed by atoms with van der Waals surface area (Å²) in [4.78, 5) is 24.3. The number of fused-ring (bicyclic) bond motifs is 3. The number of hydrogen-bond acceptors (Lipinski definition) is 4. The zero-order valence-corrected chi connectivity index (χ0v) is 16.8. The molecule has 0 heterocycles. The van der Waals surface area contributed by atoms with Crippen molar-refractivity contribution in [2.45, 2.75) is 45.8 Å². The SMILES string of the molecule is CC(C)OC(=O)[C@H](C)[C@H](C)NC(=O)OCC1c2ccccc2-c2ccccc21. The lowest BCUT2D eigenvalue weighted by molar-refractivity contribution is -0.152. The highest BCUT2D eigenvalue weighted by Gasteiger charge is 2.30. The molecule has 2 aromatic rings. The summed E-state index contributed by atoms with van der Waals surface area (Å²) in [6, 6.07) is 16.0. The Labute approximate surface area is 166 Å². The summed E-state index contributed by atoms with van der Waals surface area (Å²) in [5, 5.41) is 2.74. The number of ether oxygens (including phenoxy) is 2. The molecule has 0 fully saturated rings. The summed E-state index contributed by atoms with van der Waals surface area (Å²) in [5.41, 5.74) is 4.70. The maximum absolute atomic E-state index is 12.3. The number of carbonyl (C=O) groups is 2. The smallest absolute Gasteiger partial charge is 0.407 e. The predicted molar refractivity (Wildman–Crippen MR) is 108 cm³/mol. The second-order valence-electron chi connectivity index (χ2n) is 7.53. The molecule has 1 amide bonds. The van der Waals surface area contributed by atoms with Gasteiger partial charge in [0.1, 0.15) is 6.61 Å². The summed E-state index contributed by atoms with van der Waals surface area (Å²) in [5.74, 6) is -0.777. The molecule has 0 bridgehead atoms. The van der Waals surface area contributed by atoms with E-state index in [1.165, 1.54) is 22.3 Å². The van der Waals surface area contributed by atoms with Crippen LogP contribution in [0, 0.1) is 5.92 Å². The third-order valence-corrected chi connectivity index (χ3v) is 5.16. The van der Waals surface area contributed by atoms with Gasteiger partial charge in [0.15, 0.2) is 0 Å². The molecule has 0 unspecified atom stereocenters. The average Bonchev–Trinajstić information content (AvgIpc) is 2.99. The van der Waals surface area contributed by atoms with Crippen molar-refractivity contribution in [2.24, 2.45) is 5.92 Å². The molecule has 5 nitrogen and oxygen atoms in total. The van der Waals surface area contributed by atoms with Gasteiger partial charge in [-0.05, 0) is 49.9 Å². The third-order valence-electron chi connectivity index (χ3n) is 5.16. The van der Waals surface area contributed by atoms with E-state index in [1.807, 2.05) is 24.3 Å². The van der Waals surface area contributed by atoms with Crippen molar-refractivity contribution in [3.05, 3.63) is 59.7 Å². The molecule has 1 aliphatic rings. The maximum atomic E-state index is 12.3. The van der Waals surface area contributed by atoms with Gasteiger partial charge in [-0.2, -0.15) is 0 Å². The van der Waals surface area contributed by atoms with Gasteiger partial charge in [-0.25, -0.2) is 4.79 Å². The van der Waals surface area contributed by atoms with Crippen molar-refractivity contribution in [1.82, 2.24) is 5.32 Å². The van der Waals surface area contributed by atoms with Crippen LogP contribution in [0.5, 0.6) is 0 Å². The first-order valence-electron chi connectivity index (χ1n) is 9.70. The molecule has 0 aliphatic heterocycles. The Hall–Kier alpha value is -2.82. The molecular weight excluding hydrogens is 354 g/mol. The van der Waals surface area contributed by atoms with Gasteiger partial charge >= 0.3 is 12.1 Å². The van der Waals surface area contributed by atoms with E-state index in [1.54, 1.807) is 27.7 Å². The number of alkyl carbamates (subject to hydrolysis) is 1. The Balaban J connectivity index is 1.61. The minimum absolute atomic E-state index is 0.0109. The Morgan fingerprint density at radius 2 is 1.46 bits per heavy atom. The fourth-order valence-electron chi connectivity index (χ4n) is 3.49. The first kappa shape index (κ1) is 19.9. The van der Waals surface area contributed by atoms with Crippen molar-refractivity contribution in [2.75, 3.05) is 6.61 Å². The molecule has 1 N–H and O–H groups in total. The van der Waals surface area contributed by atoms with Crippen LogP contribution in [0.3, 0.4) is 0 Å². The predicted octanol–water partition coefficient (Wildman–Crippen LogP) is 4.50. The van der Waals surface area contributed by atoms with Gasteiger partial charge in [-0.1, -0.05) is 48.5 Å². The fraction of sp³-hybridized carbons (Fsp3) is 0.391. The van der Waals surface area contributed by atoms with Gasteiger partial charge < -0.3 is 14.8 Å². The molecule has 0 saturated carbocycles. The van der Waals surface area contributed by atoms with Crippen LogP contribution in [0.2, 0.25) is 0 Å². The van der Waals surface area contributed by atoms with Gasteiger partial charge in [-0.15, -0.1) is 0 Å². The van der Waals surface area contributed by atoms with Gasteiger partial charge in [0.05, 0.1) is 12.0 Å². The van der Waals surface area contributed by atoms with Crippen molar-refractivity contribution < 1.29 is 19.1 Å². The first-order chi connectivity index (χ1) is 13.4. The van der Waals surface area contributed by atoms with Crippen molar-refractivity contribution in [1.29, 1.82) is 0 Å². The number of amides is 1. The summed E-state index contributed by atoms with van der Waals surface area (Å²) >= 11 is 0. The fourth-order valence-corrected chi connectivity index (χ4v) is 3.49. The Morgan fingerprint density at radius 1 is 0.929 bits per heavy atom. The van der Waals surface area contributed by atoms with E-state index in [2.05, 4.69) is 29.6 Å². The molecule has 2 aromatic carbocycles. The summed E-state index contributed by atoms with van der Waals surface area (Å²) in [6.45, 7) is 7.35. The molecule has 1 aliphatic carbocycles. The Kier molecular flexibility index (Phi) is 6.02. The first-order valence-corrected chi connectivity index (χ1v) is 9.70. The third kappa shape index (κ3) is 4.19. The lowest BCUT2D eigenvalue weighted by Crippen LogP contribution is -2.41. The Bertz CT molecular complexity index is 816. The molecule has 2 atom stereocenters. The number of benzene rings is 2. The molecule has 0 saturated heterocycles. The van der Waals surface area contributed by atoms with Gasteiger partial charge in [0.25, 0.3) is 0 Å². The standard InChI is InChI=1S/C23H27NO4/c1-14(2)28-22(25)15(3)16(4)24-23(26)27-13-21-19-11-7-5-9-17(19)18-10-6-8-12-20(18)21/h5-12,14-16,21H,13H2,1-4H3,(H,24,26)/t15-,16+/m1/s1. The van der Waals surface area contributed by atoms with E-state index < -0.39 is 12.0 Å². The molecule has 0 spiro atoms. The minimum atomic E-state index is -0.529. The number of esters is 1. The normalized spacial score (nSPS) is 14.8. The zero-order valence-electron chi connectivity index (χ0n) is 16.8. The molecule has 0 aromatic heterocycles. The molecule has 28 heavy (non-hydrogen) atoms. The van der Waals surface area contributed by atoms with Crippen LogP contribution in [0.25, 0.3) is 11.1 Å². The molecule has 5 heteroatoms. The minimum Gasteiger partial charge on any atom is -0.463 e. The quantitative estimate of drug-likeness (QED) is 0.748. The monoisotopic (exact) mass is 381 g/mol. The van der Waals surface area contributed by atoms with Crippen molar-refractivity contribution >= 4 is 12.1 Å². The van der Waals surface area contributed by atoms with E-state index in [0.717, 1.165) is 0 Å². The van der Waals surface area contributed by atoms with Crippen molar-refractivity contribution in [3.8, 4) is 11.1 Å². The van der Waals surface area contributed by atoms with E-state index in [0.29, 0.717) is 0 Å². The summed E-state index contributed by atoms with van der Waals surface area (Å²) in [6.07, 6.45) is -0.713. The van der Waals surface area contributed by atoms with Crippen LogP contribution in [0.15, 0.2) is 48.5 Å². The Morgan fingerprint density at radius 3 is 2.00 bits per heavy atom. The van der Waals surface area contributed by atoms with E-state index in [9.17, 15) is 9.59 Å². The van der Waals surface area contributed by atoms with Crippen LogP contribution in [-0.4, -0.2) is 30.8 Å². The lowest BCUT2D eigenvalue weighted by atomic mass is 9.98. The highest BCUT2D eigenvalue weighted by Crippen LogP contribution is 2.44. The van der Waals surface area contributed by atoms with Crippen LogP contribution >= 0.6 is 0 Å². The van der Waals surface area contributed by atoms with Crippen LogP contribution in [-0.2, 0) is 14.3 Å². The highest BCUT2D eigenvalue weighted by molar-refractivity contribution is 5.79. The van der Waals surface area contributed by atoms with Crippen molar-refractivity contribution in [3.63, 3.8) is 0 Å². The summed E-state index contributed by atoms with van der Waals surface area (Å²) in [7, 11) is 0. The van der Waals surface area contributed by atoms with E-state index in [4.69, 9.17) is 9.47 Å². The second-order valence-corrected chi connectivity index (χ2v) is 7.53. The largest absolute Gasteiger partial charge is 0.463 e. The van der Waals surface area contributed by atoms with Gasteiger partial charge in [0, 0.05) is 12.0 Å². The second kappa shape index (κ2) is 8.46. The molecular formula is C23H27NO4. The molecule has 148 valence electrons. The number of rotatable bonds is 6. The average molecular weight is 381 g/mol. The lowest BCUT2D eigenvalue weighted by Gasteiger charge is -2.21. The molecule has 3 rings (SSSR count). The number of nitrogens with one attached hydrogen (secondary N) is 1. The van der Waals surface area contributed by atoms with E-state index >= 15 is 0 Å². The summed E-state index contributed by atoms with van der Waals surface area (Å²) < 4.78 is 10.7. The number of hydrogen-bond donors (Lipinski definition) is 1. The van der Waals surface area contributed by atoms with Crippen LogP contribution < -0.4 is 5.32 Å². The number of carbonyl (C=O) groups excluding carboxylic acids is 2. The molecule has 0 radical (unpaired) electrons. The highest BCUT2D eigenvalue weighted by atomic mass is 16.6. The van der Waals surface area contributed by atoms with E-state index in [-0.39, 0.29) is 30.6 Å². The van der Waals surface area contributed by atoms with Gasteiger partial charge in [-0.3, -0.25) is 4.79 Å². The van der Waals surface area contributed by atoms with Crippen LogP contribution in [0.1, 0.15) is 44.7 Å². The van der Waals surface area contributed by atoms with Crippen LogP contribution in [0.4, 0.5) is 4.79 Å².